The number of thiophene rings is 1. The van der Waals surface area contributed by atoms with Gasteiger partial charge in [-0.2, -0.15) is 0 Å². The van der Waals surface area contributed by atoms with Gasteiger partial charge in [0.1, 0.15) is 0 Å². The van der Waals surface area contributed by atoms with E-state index >= 15 is 0 Å². The van der Waals surface area contributed by atoms with Gasteiger partial charge in [0, 0.05) is 39.3 Å². The van der Waals surface area contributed by atoms with E-state index in [1.165, 1.54) is 16.2 Å². The first-order chi connectivity index (χ1) is 12.3. The first-order valence-electron chi connectivity index (χ1n) is 8.14. The Morgan fingerprint density at radius 1 is 1.16 bits per heavy atom. The van der Waals surface area contributed by atoms with Gasteiger partial charge in [0.15, 0.2) is 5.13 Å². The lowest BCUT2D eigenvalue weighted by Crippen LogP contribution is -2.11. The fourth-order valence-electron chi connectivity index (χ4n) is 2.80. The number of aromatic amines is 1. The predicted octanol–water partition coefficient (Wildman–Crippen LogP) is 5.31. The summed E-state index contributed by atoms with van der Waals surface area (Å²) in [6.45, 7) is 0. The number of aromatic nitrogens is 2. The third-order valence-corrected chi connectivity index (χ3v) is 5.72. The lowest BCUT2D eigenvalue weighted by atomic mass is 10.1. The van der Waals surface area contributed by atoms with E-state index in [-0.39, 0.29) is 5.91 Å². The fraction of sp³-hybridized carbons (Fsp3) is 0.158. The van der Waals surface area contributed by atoms with Crippen LogP contribution in [0.1, 0.15) is 17.7 Å². The van der Waals surface area contributed by atoms with E-state index in [1.807, 2.05) is 35.8 Å². The molecule has 3 heterocycles. The van der Waals surface area contributed by atoms with Crippen molar-refractivity contribution in [3.05, 3.63) is 58.2 Å². The number of nitrogens with zero attached hydrogens (tertiary/aromatic N) is 1. The average Bonchev–Trinajstić information content (AvgIpc) is 3.35. The standard InChI is InChI=1S/C19H17N3OS2/c23-18(9-3-5-13-6-4-10-24-13)22-19-21-17(12-25-19)15-11-20-16-8-2-1-7-14(15)16/h1-2,4,6-8,10-12,20H,3,5,9H2,(H,21,22,23). The minimum Gasteiger partial charge on any atom is -0.360 e. The van der Waals surface area contributed by atoms with Crippen LogP contribution < -0.4 is 5.32 Å². The molecule has 4 nitrogen and oxygen atoms in total. The molecule has 0 bridgehead atoms. The molecule has 3 aromatic heterocycles. The molecule has 4 rings (SSSR count). The monoisotopic (exact) mass is 367 g/mol. The van der Waals surface area contributed by atoms with E-state index in [0.717, 1.165) is 35.0 Å². The van der Waals surface area contributed by atoms with Crippen molar-refractivity contribution < 1.29 is 4.79 Å². The summed E-state index contributed by atoms with van der Waals surface area (Å²) in [5, 5.41) is 8.76. The number of carbonyl (C=O) groups excluding carboxylic acids is 1. The molecule has 0 unspecified atom stereocenters. The summed E-state index contributed by atoms with van der Waals surface area (Å²) < 4.78 is 0. The molecular formula is C19H17N3OS2. The van der Waals surface area contributed by atoms with E-state index in [2.05, 4.69) is 32.8 Å². The zero-order chi connectivity index (χ0) is 17.1. The first kappa shape index (κ1) is 16.1. The number of hydrogen-bond acceptors (Lipinski definition) is 4. The minimum absolute atomic E-state index is 0.0244. The Morgan fingerprint density at radius 2 is 2.08 bits per heavy atom. The fourth-order valence-corrected chi connectivity index (χ4v) is 4.28. The Kier molecular flexibility index (Phi) is 4.63. The van der Waals surface area contributed by atoms with Gasteiger partial charge in [0.25, 0.3) is 0 Å². The quantitative estimate of drug-likeness (QED) is 0.485. The summed E-state index contributed by atoms with van der Waals surface area (Å²) in [5.41, 5.74) is 3.03. The molecule has 25 heavy (non-hydrogen) atoms. The molecule has 0 atom stereocenters. The Hall–Kier alpha value is -2.44. The molecule has 0 saturated heterocycles. The summed E-state index contributed by atoms with van der Waals surface area (Å²) in [6.07, 6.45) is 4.28. The molecule has 0 radical (unpaired) electrons. The summed E-state index contributed by atoms with van der Waals surface area (Å²) >= 11 is 3.20. The summed E-state index contributed by atoms with van der Waals surface area (Å²) in [7, 11) is 0. The maximum atomic E-state index is 12.1. The molecule has 0 saturated carbocycles. The number of aryl methyl sites for hydroxylation is 1. The number of amides is 1. The molecule has 2 N–H and O–H groups in total. The second kappa shape index (κ2) is 7.21. The number of carbonyl (C=O) groups is 1. The van der Waals surface area contributed by atoms with E-state index in [9.17, 15) is 4.79 Å². The molecule has 0 fully saturated rings. The number of rotatable bonds is 6. The van der Waals surface area contributed by atoms with E-state index in [0.29, 0.717) is 11.6 Å². The van der Waals surface area contributed by atoms with Gasteiger partial charge in [0.05, 0.1) is 5.69 Å². The van der Waals surface area contributed by atoms with Crippen LogP contribution in [0.3, 0.4) is 0 Å². The summed E-state index contributed by atoms with van der Waals surface area (Å²) in [6, 6.07) is 12.3. The minimum atomic E-state index is 0.0244. The van der Waals surface area contributed by atoms with Gasteiger partial charge >= 0.3 is 0 Å². The molecule has 126 valence electrons. The Labute approximate surface area is 153 Å². The van der Waals surface area contributed by atoms with Gasteiger partial charge in [-0.3, -0.25) is 4.79 Å². The number of nitrogens with one attached hydrogen (secondary N) is 2. The van der Waals surface area contributed by atoms with Crippen molar-refractivity contribution in [2.75, 3.05) is 5.32 Å². The van der Waals surface area contributed by atoms with Gasteiger partial charge in [-0.1, -0.05) is 24.3 Å². The van der Waals surface area contributed by atoms with E-state index in [1.54, 1.807) is 11.3 Å². The van der Waals surface area contributed by atoms with Crippen LogP contribution in [-0.4, -0.2) is 15.9 Å². The van der Waals surface area contributed by atoms with Gasteiger partial charge in [0.2, 0.25) is 5.91 Å². The van der Waals surface area contributed by atoms with Crippen molar-refractivity contribution in [2.45, 2.75) is 19.3 Å². The van der Waals surface area contributed by atoms with Crippen molar-refractivity contribution in [3.63, 3.8) is 0 Å². The maximum Gasteiger partial charge on any atom is 0.226 e. The molecule has 0 aliphatic carbocycles. The van der Waals surface area contributed by atoms with Crippen molar-refractivity contribution in [1.29, 1.82) is 0 Å². The number of anilines is 1. The van der Waals surface area contributed by atoms with Crippen molar-refractivity contribution >= 4 is 44.6 Å². The number of H-pyrrole nitrogens is 1. The molecular weight excluding hydrogens is 350 g/mol. The molecule has 6 heteroatoms. The van der Waals surface area contributed by atoms with Crippen LogP contribution in [0.25, 0.3) is 22.2 Å². The van der Waals surface area contributed by atoms with E-state index < -0.39 is 0 Å². The van der Waals surface area contributed by atoms with Crippen LogP contribution in [0.4, 0.5) is 5.13 Å². The Morgan fingerprint density at radius 3 is 2.96 bits per heavy atom. The van der Waals surface area contributed by atoms with Gasteiger partial charge < -0.3 is 10.3 Å². The third-order valence-electron chi connectivity index (χ3n) is 4.02. The third kappa shape index (κ3) is 3.65. The van der Waals surface area contributed by atoms with Crippen LogP contribution in [-0.2, 0) is 11.2 Å². The van der Waals surface area contributed by atoms with Crippen molar-refractivity contribution in [3.8, 4) is 11.3 Å². The summed E-state index contributed by atoms with van der Waals surface area (Å²) in [5.74, 6) is 0.0244. The lowest BCUT2D eigenvalue weighted by Gasteiger charge is -2.01. The second-order valence-corrected chi connectivity index (χ2v) is 7.66. The van der Waals surface area contributed by atoms with Crippen molar-refractivity contribution in [1.82, 2.24) is 9.97 Å². The average molecular weight is 367 g/mol. The van der Waals surface area contributed by atoms with Crippen LogP contribution in [0, 0.1) is 0 Å². The molecule has 0 aliphatic rings. The molecule has 4 aromatic rings. The highest BCUT2D eigenvalue weighted by atomic mass is 32.1. The topological polar surface area (TPSA) is 57.8 Å². The number of thiazole rings is 1. The normalized spacial score (nSPS) is 11.0. The zero-order valence-electron chi connectivity index (χ0n) is 13.5. The number of fused-ring (bicyclic) bond motifs is 1. The highest BCUT2D eigenvalue weighted by Crippen LogP contribution is 2.30. The SMILES string of the molecule is O=C(CCCc1cccs1)Nc1nc(-c2c[nH]c3ccccc23)cs1. The van der Waals surface area contributed by atoms with Gasteiger partial charge in [-0.25, -0.2) is 4.98 Å². The molecule has 0 spiro atoms. The Bertz CT molecular complexity index is 985. The maximum absolute atomic E-state index is 12.1. The van der Waals surface area contributed by atoms with Crippen molar-refractivity contribution in [2.24, 2.45) is 0 Å². The lowest BCUT2D eigenvalue weighted by molar-refractivity contribution is -0.116. The second-order valence-electron chi connectivity index (χ2n) is 5.77. The number of para-hydroxylation sites is 1. The zero-order valence-corrected chi connectivity index (χ0v) is 15.1. The van der Waals surface area contributed by atoms with Gasteiger partial charge in [-0.15, -0.1) is 22.7 Å². The predicted molar refractivity (Wildman–Crippen MR) is 105 cm³/mol. The van der Waals surface area contributed by atoms with Crippen LogP contribution in [0.2, 0.25) is 0 Å². The molecule has 1 amide bonds. The van der Waals surface area contributed by atoms with Crippen LogP contribution in [0.5, 0.6) is 0 Å². The van der Waals surface area contributed by atoms with Crippen LogP contribution in [0.15, 0.2) is 53.4 Å². The highest BCUT2D eigenvalue weighted by Gasteiger charge is 2.11. The molecule has 0 aliphatic heterocycles. The first-order valence-corrected chi connectivity index (χ1v) is 9.90. The largest absolute Gasteiger partial charge is 0.360 e. The van der Waals surface area contributed by atoms with Gasteiger partial charge in [-0.05, 0) is 30.4 Å². The smallest absolute Gasteiger partial charge is 0.226 e. The van der Waals surface area contributed by atoms with Crippen LogP contribution >= 0.6 is 22.7 Å². The highest BCUT2D eigenvalue weighted by molar-refractivity contribution is 7.14. The molecule has 1 aromatic carbocycles. The summed E-state index contributed by atoms with van der Waals surface area (Å²) in [4.78, 5) is 21.3. The number of benzene rings is 1. The number of hydrogen-bond donors (Lipinski definition) is 2. The Balaban J connectivity index is 1.38. The van der Waals surface area contributed by atoms with E-state index in [4.69, 9.17) is 0 Å².